The van der Waals surface area contributed by atoms with Gasteiger partial charge in [-0.3, -0.25) is 4.98 Å². The zero-order valence-corrected chi connectivity index (χ0v) is 9.07. The maximum absolute atomic E-state index is 5.80. The van der Waals surface area contributed by atoms with Crippen LogP contribution in [0.15, 0.2) is 30.7 Å². The van der Waals surface area contributed by atoms with Gasteiger partial charge in [0.1, 0.15) is 11.5 Å². The first-order valence-corrected chi connectivity index (χ1v) is 5.10. The number of aryl methyl sites for hydroxylation is 1. The van der Waals surface area contributed by atoms with Crippen LogP contribution in [0.1, 0.15) is 12.6 Å². The van der Waals surface area contributed by atoms with Crippen molar-refractivity contribution in [2.45, 2.75) is 13.3 Å². The van der Waals surface area contributed by atoms with Crippen LogP contribution < -0.4 is 0 Å². The molecule has 0 bridgehead atoms. The van der Waals surface area contributed by atoms with Gasteiger partial charge in [0.05, 0.1) is 5.69 Å². The van der Waals surface area contributed by atoms with Gasteiger partial charge in [-0.05, 0) is 18.6 Å². The molecule has 2 aromatic rings. The Morgan fingerprint density at radius 2 is 2.07 bits per heavy atom. The predicted octanol–water partition coefficient (Wildman–Crippen LogP) is 2.75. The number of aromatic nitrogens is 3. The monoisotopic (exact) mass is 219 g/mol. The molecule has 0 fully saturated rings. The molecule has 0 aliphatic rings. The molecule has 0 aliphatic carbocycles. The molecule has 15 heavy (non-hydrogen) atoms. The second kappa shape index (κ2) is 4.36. The Morgan fingerprint density at radius 1 is 1.20 bits per heavy atom. The van der Waals surface area contributed by atoms with Crippen LogP contribution in [0.2, 0.25) is 5.15 Å². The van der Waals surface area contributed by atoms with E-state index in [2.05, 4.69) is 21.9 Å². The second-order valence-corrected chi connectivity index (χ2v) is 3.50. The third-order valence-corrected chi connectivity index (χ3v) is 2.31. The maximum atomic E-state index is 5.80. The molecular formula is C11H10ClN3. The van der Waals surface area contributed by atoms with E-state index >= 15 is 0 Å². The van der Waals surface area contributed by atoms with Crippen molar-refractivity contribution in [3.63, 3.8) is 0 Å². The molecule has 0 aromatic carbocycles. The first kappa shape index (κ1) is 10.1. The van der Waals surface area contributed by atoms with E-state index in [1.54, 1.807) is 12.3 Å². The van der Waals surface area contributed by atoms with Gasteiger partial charge in [-0.25, -0.2) is 9.97 Å². The summed E-state index contributed by atoms with van der Waals surface area (Å²) in [7, 11) is 0. The van der Waals surface area contributed by atoms with Gasteiger partial charge in [0, 0.05) is 23.5 Å². The fourth-order valence-electron chi connectivity index (χ4n) is 1.32. The van der Waals surface area contributed by atoms with Gasteiger partial charge in [-0.1, -0.05) is 18.5 Å². The number of rotatable bonds is 2. The zero-order valence-electron chi connectivity index (χ0n) is 8.31. The highest BCUT2D eigenvalue weighted by Crippen LogP contribution is 2.18. The molecule has 0 amide bonds. The molecule has 4 heteroatoms. The van der Waals surface area contributed by atoms with E-state index in [0.29, 0.717) is 5.15 Å². The van der Waals surface area contributed by atoms with E-state index in [1.165, 1.54) is 6.33 Å². The summed E-state index contributed by atoms with van der Waals surface area (Å²) in [6.07, 6.45) is 4.15. The first-order valence-electron chi connectivity index (χ1n) is 4.72. The average molecular weight is 220 g/mol. The molecule has 76 valence electrons. The molecule has 0 saturated heterocycles. The summed E-state index contributed by atoms with van der Waals surface area (Å²) in [5.74, 6) is 0. The van der Waals surface area contributed by atoms with E-state index in [0.717, 1.165) is 23.4 Å². The lowest BCUT2D eigenvalue weighted by molar-refractivity contribution is 1.03. The van der Waals surface area contributed by atoms with Crippen LogP contribution in [0.25, 0.3) is 11.3 Å². The van der Waals surface area contributed by atoms with Crippen molar-refractivity contribution < 1.29 is 0 Å². The minimum Gasteiger partial charge on any atom is -0.261 e. The highest BCUT2D eigenvalue weighted by molar-refractivity contribution is 6.29. The molecule has 0 spiro atoms. The number of nitrogens with zero attached hydrogens (tertiary/aromatic N) is 3. The topological polar surface area (TPSA) is 38.7 Å². The Labute approximate surface area is 93.2 Å². The first-order chi connectivity index (χ1) is 7.29. The van der Waals surface area contributed by atoms with E-state index in [4.69, 9.17) is 11.6 Å². The van der Waals surface area contributed by atoms with Crippen molar-refractivity contribution >= 4 is 11.6 Å². The fourth-order valence-corrected chi connectivity index (χ4v) is 1.47. The van der Waals surface area contributed by atoms with Crippen LogP contribution in [0, 0.1) is 0 Å². The highest BCUT2D eigenvalue weighted by atomic mass is 35.5. The molecule has 2 heterocycles. The van der Waals surface area contributed by atoms with Crippen LogP contribution in [-0.2, 0) is 6.42 Å². The van der Waals surface area contributed by atoms with Crippen molar-refractivity contribution in [2.24, 2.45) is 0 Å². The van der Waals surface area contributed by atoms with Gasteiger partial charge in [0.2, 0.25) is 0 Å². The molecule has 0 aliphatic heterocycles. The molecule has 2 rings (SSSR count). The third-order valence-electron chi connectivity index (χ3n) is 2.11. The summed E-state index contributed by atoms with van der Waals surface area (Å²) in [4.78, 5) is 12.2. The maximum Gasteiger partial charge on any atom is 0.133 e. The van der Waals surface area contributed by atoms with Crippen LogP contribution in [0.4, 0.5) is 0 Å². The largest absolute Gasteiger partial charge is 0.261 e. The predicted molar refractivity (Wildman–Crippen MR) is 59.7 cm³/mol. The summed E-state index contributed by atoms with van der Waals surface area (Å²) in [6, 6.07) is 5.67. The van der Waals surface area contributed by atoms with Crippen molar-refractivity contribution in [1.82, 2.24) is 15.0 Å². The van der Waals surface area contributed by atoms with E-state index in [-0.39, 0.29) is 0 Å². The molecule has 0 atom stereocenters. The Morgan fingerprint density at radius 3 is 2.80 bits per heavy atom. The lowest BCUT2D eigenvalue weighted by atomic mass is 10.1. The normalized spacial score (nSPS) is 10.3. The Bertz CT molecular complexity index is 471. The van der Waals surface area contributed by atoms with Gasteiger partial charge >= 0.3 is 0 Å². The molecule has 2 aromatic heterocycles. The van der Waals surface area contributed by atoms with Crippen molar-refractivity contribution in [1.29, 1.82) is 0 Å². The minimum absolute atomic E-state index is 0.454. The van der Waals surface area contributed by atoms with Gasteiger partial charge in [0.25, 0.3) is 0 Å². The number of hydrogen-bond acceptors (Lipinski definition) is 3. The summed E-state index contributed by atoms with van der Waals surface area (Å²) >= 11 is 5.80. The molecule has 0 saturated carbocycles. The van der Waals surface area contributed by atoms with Gasteiger partial charge in [0.15, 0.2) is 0 Å². The zero-order chi connectivity index (χ0) is 10.7. The molecule has 0 radical (unpaired) electrons. The number of halogens is 1. The van der Waals surface area contributed by atoms with Crippen LogP contribution >= 0.6 is 11.6 Å². The van der Waals surface area contributed by atoms with Crippen molar-refractivity contribution in [3.8, 4) is 11.3 Å². The lowest BCUT2D eigenvalue weighted by Crippen LogP contribution is -1.90. The Balaban J connectivity index is 2.44. The summed E-state index contributed by atoms with van der Waals surface area (Å²) in [5, 5.41) is 0.454. The molecular weight excluding hydrogens is 210 g/mol. The van der Waals surface area contributed by atoms with Crippen molar-refractivity contribution in [2.75, 3.05) is 0 Å². The highest BCUT2D eigenvalue weighted by Gasteiger charge is 2.01. The van der Waals surface area contributed by atoms with Gasteiger partial charge in [-0.15, -0.1) is 0 Å². The summed E-state index contributed by atoms with van der Waals surface area (Å²) in [6.45, 7) is 2.07. The standard InChI is InChI=1S/C11H10ClN3/c1-2-9-5-8(3-4-13-9)10-6-11(12)15-7-14-10/h3-7H,2H2,1H3. The fraction of sp³-hybridized carbons (Fsp3) is 0.182. The van der Waals surface area contributed by atoms with E-state index < -0.39 is 0 Å². The molecule has 0 N–H and O–H groups in total. The second-order valence-electron chi connectivity index (χ2n) is 3.12. The lowest BCUT2D eigenvalue weighted by Gasteiger charge is -2.02. The van der Waals surface area contributed by atoms with E-state index in [9.17, 15) is 0 Å². The third kappa shape index (κ3) is 2.30. The summed E-state index contributed by atoms with van der Waals surface area (Å²) < 4.78 is 0. The SMILES string of the molecule is CCc1cc(-c2cc(Cl)ncn2)ccn1. The quantitative estimate of drug-likeness (QED) is 0.729. The van der Waals surface area contributed by atoms with Crippen LogP contribution in [0.3, 0.4) is 0 Å². The van der Waals surface area contributed by atoms with Crippen molar-refractivity contribution in [3.05, 3.63) is 41.6 Å². The van der Waals surface area contributed by atoms with Crippen LogP contribution in [0.5, 0.6) is 0 Å². The summed E-state index contributed by atoms with van der Waals surface area (Å²) in [5.41, 5.74) is 2.89. The smallest absolute Gasteiger partial charge is 0.133 e. The molecule has 0 unspecified atom stereocenters. The minimum atomic E-state index is 0.454. The number of hydrogen-bond donors (Lipinski definition) is 0. The average Bonchev–Trinajstić information content (AvgIpc) is 2.29. The number of pyridine rings is 1. The van der Waals surface area contributed by atoms with Gasteiger partial charge in [-0.2, -0.15) is 0 Å². The van der Waals surface area contributed by atoms with E-state index in [1.807, 2.05) is 12.1 Å². The molecule has 3 nitrogen and oxygen atoms in total. The van der Waals surface area contributed by atoms with Crippen LogP contribution in [-0.4, -0.2) is 15.0 Å². The Kier molecular flexibility index (Phi) is 2.92. The Hall–Kier alpha value is -1.48. The van der Waals surface area contributed by atoms with Gasteiger partial charge < -0.3 is 0 Å².